The average molecular weight is 286 g/mol. The first-order valence-corrected chi connectivity index (χ1v) is 5.99. The topological polar surface area (TPSA) is 115 Å². The first kappa shape index (κ1) is 12.8. The average Bonchev–Trinajstić information content (AvgIpc) is 3.06. The van der Waals surface area contributed by atoms with Crippen LogP contribution in [0.5, 0.6) is 0 Å². The Bertz CT molecular complexity index is 821. The second kappa shape index (κ2) is 5.04. The van der Waals surface area contributed by atoms with E-state index < -0.39 is 5.97 Å². The lowest BCUT2D eigenvalue weighted by atomic mass is 10.3. The number of anilines is 1. The molecule has 1 amide bonds. The number of hydrogen-bond donors (Lipinski definition) is 2. The molecule has 0 radical (unpaired) electrons. The zero-order valence-corrected chi connectivity index (χ0v) is 10.9. The zero-order chi connectivity index (χ0) is 14.8. The van der Waals surface area contributed by atoms with Crippen molar-refractivity contribution in [3.05, 3.63) is 36.0 Å². The highest BCUT2D eigenvalue weighted by atomic mass is 16.7. The first-order valence-electron chi connectivity index (χ1n) is 5.99. The fraction of sp³-hybridized carbons (Fsp3) is 0.0833. The molecule has 0 aliphatic carbocycles. The number of amides is 1. The molecule has 9 nitrogen and oxygen atoms in total. The van der Waals surface area contributed by atoms with Gasteiger partial charge in [-0.15, -0.1) is 5.10 Å². The molecule has 21 heavy (non-hydrogen) atoms. The van der Waals surface area contributed by atoms with Gasteiger partial charge in [-0.1, -0.05) is 17.0 Å². The van der Waals surface area contributed by atoms with Crippen molar-refractivity contribution in [2.24, 2.45) is 0 Å². The molecule has 0 atom stereocenters. The molecule has 2 aromatic heterocycles. The highest BCUT2D eigenvalue weighted by molar-refractivity contribution is 5.92. The maximum Gasteiger partial charge on any atom is 0.383 e. The van der Waals surface area contributed by atoms with E-state index in [1.807, 2.05) is 0 Å². The summed E-state index contributed by atoms with van der Waals surface area (Å²) in [6.07, 6.45) is 0. The van der Waals surface area contributed by atoms with Crippen LogP contribution in [0.1, 0.15) is 17.4 Å². The van der Waals surface area contributed by atoms with E-state index in [4.69, 9.17) is 4.84 Å². The third-order valence-corrected chi connectivity index (χ3v) is 2.59. The summed E-state index contributed by atoms with van der Waals surface area (Å²) < 4.78 is 0. The van der Waals surface area contributed by atoms with Crippen LogP contribution < -0.4 is 10.2 Å². The molecule has 0 spiro atoms. The van der Waals surface area contributed by atoms with Gasteiger partial charge in [0.05, 0.1) is 0 Å². The molecule has 1 aromatic carbocycles. The number of aromatic amines is 1. The molecule has 0 saturated heterocycles. The van der Waals surface area contributed by atoms with Gasteiger partial charge in [0.15, 0.2) is 5.82 Å². The minimum Gasteiger partial charge on any atom is -0.310 e. The Morgan fingerprint density at radius 3 is 2.95 bits per heavy atom. The van der Waals surface area contributed by atoms with Gasteiger partial charge in [0, 0.05) is 13.0 Å². The Labute approximate surface area is 117 Å². The van der Waals surface area contributed by atoms with Crippen molar-refractivity contribution in [3.63, 3.8) is 0 Å². The summed E-state index contributed by atoms with van der Waals surface area (Å²) in [6, 6.07) is 8.41. The normalized spacial score (nSPS) is 10.5. The molecule has 0 unspecified atom stereocenters. The zero-order valence-electron chi connectivity index (χ0n) is 10.9. The van der Waals surface area contributed by atoms with Crippen molar-refractivity contribution >= 4 is 28.7 Å². The fourth-order valence-electron chi connectivity index (χ4n) is 1.71. The van der Waals surface area contributed by atoms with Gasteiger partial charge >= 0.3 is 5.97 Å². The largest absolute Gasteiger partial charge is 0.383 e. The van der Waals surface area contributed by atoms with Crippen molar-refractivity contribution in [2.45, 2.75) is 6.92 Å². The molecule has 3 aromatic rings. The van der Waals surface area contributed by atoms with Crippen LogP contribution >= 0.6 is 0 Å². The van der Waals surface area contributed by atoms with Crippen LogP contribution in [0.15, 0.2) is 30.3 Å². The van der Waals surface area contributed by atoms with Gasteiger partial charge in [-0.3, -0.25) is 9.89 Å². The summed E-state index contributed by atoms with van der Waals surface area (Å²) >= 11 is 0. The highest BCUT2D eigenvalue weighted by Crippen LogP contribution is 2.10. The number of carbonyl (C=O) groups excluding carboxylic acids is 2. The lowest BCUT2D eigenvalue weighted by Crippen LogP contribution is -2.21. The van der Waals surface area contributed by atoms with Crippen LogP contribution in [0.2, 0.25) is 0 Å². The Kier molecular flexibility index (Phi) is 3.07. The first-order chi connectivity index (χ1) is 10.1. The number of para-hydroxylation sites is 1. The van der Waals surface area contributed by atoms with Gasteiger partial charge in [-0.2, -0.15) is 5.10 Å². The molecule has 0 bridgehead atoms. The highest BCUT2D eigenvalue weighted by Gasteiger charge is 2.15. The van der Waals surface area contributed by atoms with Crippen LogP contribution in [0.3, 0.4) is 0 Å². The molecular formula is C12H10N6O3. The second-order valence-corrected chi connectivity index (χ2v) is 4.18. The predicted molar refractivity (Wildman–Crippen MR) is 71.3 cm³/mol. The van der Waals surface area contributed by atoms with Crippen LogP contribution in [0, 0.1) is 0 Å². The van der Waals surface area contributed by atoms with E-state index in [-0.39, 0.29) is 17.4 Å². The van der Waals surface area contributed by atoms with Crippen LogP contribution in [-0.2, 0) is 4.79 Å². The molecule has 106 valence electrons. The standard InChI is InChI=1S/C12H10N6O3/c1-7(19)13-11-6-9(14-16-11)12(20)21-18-10-5-3-2-4-8(10)15-17-18/h2-6H,1H3,(H2,13,14,16,19). The minimum absolute atomic E-state index is 0.0818. The summed E-state index contributed by atoms with van der Waals surface area (Å²) in [6.45, 7) is 1.34. The van der Waals surface area contributed by atoms with Gasteiger partial charge in [-0.05, 0) is 17.3 Å². The van der Waals surface area contributed by atoms with E-state index in [2.05, 4.69) is 25.8 Å². The Morgan fingerprint density at radius 1 is 1.33 bits per heavy atom. The summed E-state index contributed by atoms with van der Waals surface area (Å²) in [7, 11) is 0. The number of hydrogen-bond acceptors (Lipinski definition) is 6. The Morgan fingerprint density at radius 2 is 2.14 bits per heavy atom. The summed E-state index contributed by atoms with van der Waals surface area (Å²) in [5, 5.41) is 16.3. The number of carbonyl (C=O) groups is 2. The molecule has 0 fully saturated rings. The number of benzene rings is 1. The maximum absolute atomic E-state index is 12.0. The van der Waals surface area contributed by atoms with Crippen molar-refractivity contribution in [3.8, 4) is 0 Å². The quantitative estimate of drug-likeness (QED) is 0.673. The van der Waals surface area contributed by atoms with E-state index in [0.717, 1.165) is 4.85 Å². The third-order valence-electron chi connectivity index (χ3n) is 2.59. The third kappa shape index (κ3) is 2.56. The lowest BCUT2D eigenvalue weighted by Gasteiger charge is -2.00. The number of nitrogens with one attached hydrogen (secondary N) is 2. The smallest absolute Gasteiger partial charge is 0.310 e. The van der Waals surface area contributed by atoms with Crippen LogP contribution in [0.4, 0.5) is 5.82 Å². The van der Waals surface area contributed by atoms with Crippen LogP contribution in [-0.4, -0.2) is 37.2 Å². The number of nitrogens with zero attached hydrogens (tertiary/aromatic N) is 4. The van der Waals surface area contributed by atoms with Crippen LogP contribution in [0.25, 0.3) is 11.0 Å². The fourth-order valence-corrected chi connectivity index (χ4v) is 1.71. The minimum atomic E-state index is -0.699. The number of H-pyrrole nitrogens is 1. The Balaban J connectivity index is 1.80. The van der Waals surface area contributed by atoms with E-state index in [1.165, 1.54) is 13.0 Å². The monoisotopic (exact) mass is 286 g/mol. The predicted octanol–water partition coefficient (Wildman–Crippen LogP) is 0.382. The van der Waals surface area contributed by atoms with Gasteiger partial charge in [0.25, 0.3) is 0 Å². The molecule has 0 aliphatic rings. The van der Waals surface area contributed by atoms with Crippen molar-refractivity contribution in [2.75, 3.05) is 5.32 Å². The molecule has 9 heteroatoms. The van der Waals surface area contributed by atoms with E-state index in [0.29, 0.717) is 11.0 Å². The van der Waals surface area contributed by atoms with Gasteiger partial charge in [0.1, 0.15) is 16.7 Å². The van der Waals surface area contributed by atoms with E-state index in [1.54, 1.807) is 24.3 Å². The number of rotatable bonds is 3. The number of fused-ring (bicyclic) bond motifs is 1. The van der Waals surface area contributed by atoms with Crippen molar-refractivity contribution in [1.82, 2.24) is 25.4 Å². The summed E-state index contributed by atoms with van der Waals surface area (Å²) in [5.74, 6) is -0.753. The SMILES string of the molecule is CC(=O)Nc1cc(C(=O)On2nnc3ccccc32)[nH]n1. The molecular weight excluding hydrogens is 276 g/mol. The van der Waals surface area contributed by atoms with Crippen molar-refractivity contribution < 1.29 is 14.4 Å². The lowest BCUT2D eigenvalue weighted by molar-refractivity contribution is -0.114. The summed E-state index contributed by atoms with van der Waals surface area (Å²) in [4.78, 5) is 29.0. The van der Waals surface area contributed by atoms with E-state index in [9.17, 15) is 9.59 Å². The van der Waals surface area contributed by atoms with Gasteiger partial charge in [0.2, 0.25) is 5.91 Å². The molecule has 2 N–H and O–H groups in total. The molecule has 0 aliphatic heterocycles. The van der Waals surface area contributed by atoms with E-state index >= 15 is 0 Å². The maximum atomic E-state index is 12.0. The van der Waals surface area contributed by atoms with Crippen molar-refractivity contribution in [1.29, 1.82) is 0 Å². The number of aromatic nitrogens is 5. The molecule has 0 saturated carbocycles. The Hall–Kier alpha value is -3.23. The summed E-state index contributed by atoms with van der Waals surface area (Å²) in [5.41, 5.74) is 1.25. The molecule has 3 rings (SSSR count). The second-order valence-electron chi connectivity index (χ2n) is 4.18. The van der Waals surface area contributed by atoms with Gasteiger partial charge < -0.3 is 10.2 Å². The van der Waals surface area contributed by atoms with Gasteiger partial charge in [-0.25, -0.2) is 4.79 Å². The molecule has 2 heterocycles.